The topological polar surface area (TPSA) is 172 Å². The first kappa shape index (κ1) is 18.7. The second-order valence-electron chi connectivity index (χ2n) is 4.33. The Labute approximate surface area is 138 Å². The van der Waals surface area contributed by atoms with Crippen molar-refractivity contribution in [2.75, 3.05) is 30.3 Å². The molecule has 1 aromatic rings. The van der Waals surface area contributed by atoms with Crippen LogP contribution >= 0.6 is 0 Å². The summed E-state index contributed by atoms with van der Waals surface area (Å²) in [6, 6.07) is -0.802. The van der Waals surface area contributed by atoms with E-state index < -0.39 is 33.5 Å². The number of hydrogen-bond acceptors (Lipinski definition) is 9. The van der Waals surface area contributed by atoms with Crippen LogP contribution in [0.3, 0.4) is 0 Å². The van der Waals surface area contributed by atoms with Gasteiger partial charge >= 0.3 is 138 Å². The minimum absolute atomic E-state index is 0.0711. The number of aliphatic hydroxyl groups excluding tert-OH is 1. The van der Waals surface area contributed by atoms with E-state index >= 15 is 0 Å². The second kappa shape index (κ2) is 10.4. The SMILES string of the molecule is NCCCCC(Nc1nc(NCCO)nc([I-]N)n1)C(=O)O. The van der Waals surface area contributed by atoms with Gasteiger partial charge in [0.05, 0.1) is 0 Å². The molecule has 0 aliphatic carbocycles. The number of carboxylic acid groups (broad SMARTS) is 1. The Bertz CT molecular complexity index is 477. The van der Waals surface area contributed by atoms with Gasteiger partial charge in [0.25, 0.3) is 0 Å². The molecular formula is C11H21IN7O3-. The van der Waals surface area contributed by atoms with E-state index in [4.69, 9.17) is 14.8 Å². The second-order valence-corrected chi connectivity index (χ2v) is 5.92. The van der Waals surface area contributed by atoms with Crippen LogP contribution in [0, 0.1) is 3.83 Å². The minimum atomic E-state index is -0.980. The van der Waals surface area contributed by atoms with Crippen molar-refractivity contribution in [2.45, 2.75) is 25.3 Å². The van der Waals surface area contributed by atoms with Gasteiger partial charge in [-0.1, -0.05) is 0 Å². The molecule has 1 unspecified atom stereocenters. The number of carboxylic acids is 1. The number of nitrogens with zero attached hydrogens (tertiary/aromatic N) is 3. The summed E-state index contributed by atoms with van der Waals surface area (Å²) in [6.45, 7) is 0.734. The van der Waals surface area contributed by atoms with E-state index in [9.17, 15) is 9.90 Å². The van der Waals surface area contributed by atoms with Crippen LogP contribution in [0.5, 0.6) is 0 Å². The van der Waals surface area contributed by atoms with Crippen LogP contribution in [0.2, 0.25) is 0 Å². The monoisotopic (exact) mass is 426 g/mol. The summed E-state index contributed by atoms with van der Waals surface area (Å²) in [6.07, 6.45) is 1.87. The molecule has 10 nitrogen and oxygen atoms in total. The van der Waals surface area contributed by atoms with E-state index in [1.165, 1.54) is 0 Å². The molecule has 0 aliphatic rings. The van der Waals surface area contributed by atoms with Crippen LogP contribution < -0.4 is 41.8 Å². The number of rotatable bonds is 11. The van der Waals surface area contributed by atoms with Crippen molar-refractivity contribution in [3.05, 3.63) is 3.83 Å². The standard InChI is InChI=1S/C11H21IN7O3/c13-4-2-1-3-7(8(21)22)16-11-18-9(12-14)17-10(19-11)15-5-6-20/h7,20H,1-6,13-14H2,(H,21,22)(H2,15,16,17,18,19)/q-1. The number of nitrogens with two attached hydrogens (primary N) is 2. The first-order valence-electron chi connectivity index (χ1n) is 6.74. The molecular weight excluding hydrogens is 405 g/mol. The molecule has 0 bridgehead atoms. The molecule has 1 aromatic heterocycles. The molecule has 1 rings (SSSR count). The summed E-state index contributed by atoms with van der Waals surface area (Å²) < 4.78 is 6.06. The fourth-order valence-corrected chi connectivity index (χ4v) is 2.35. The molecule has 0 spiro atoms. The van der Waals surface area contributed by atoms with Gasteiger partial charge < -0.3 is 0 Å². The number of carbonyl (C=O) groups is 1. The summed E-state index contributed by atoms with van der Waals surface area (Å²) in [4.78, 5) is 23.6. The molecule has 22 heavy (non-hydrogen) atoms. The van der Waals surface area contributed by atoms with E-state index in [0.29, 0.717) is 23.2 Å². The maximum atomic E-state index is 11.3. The average Bonchev–Trinajstić information content (AvgIpc) is 2.51. The Balaban J connectivity index is 2.80. The molecule has 0 saturated carbocycles. The summed E-state index contributed by atoms with van der Waals surface area (Å²) in [5, 5.41) is 23.6. The zero-order chi connectivity index (χ0) is 16.4. The van der Waals surface area contributed by atoms with Crippen LogP contribution in [0.1, 0.15) is 19.3 Å². The molecule has 1 atom stereocenters. The number of nitrogens with one attached hydrogen (secondary N) is 2. The molecule has 1 heterocycles. The molecule has 0 radical (unpaired) electrons. The molecule has 0 saturated heterocycles. The third kappa shape index (κ3) is 6.64. The van der Waals surface area contributed by atoms with Crippen molar-refractivity contribution in [1.82, 2.24) is 15.0 Å². The van der Waals surface area contributed by atoms with Crippen molar-refractivity contribution < 1.29 is 36.5 Å². The number of halogens is 1. The first-order valence-corrected chi connectivity index (χ1v) is 9.06. The number of hydrogen-bond donors (Lipinski definition) is 6. The molecule has 0 aliphatic heterocycles. The van der Waals surface area contributed by atoms with Crippen LogP contribution in [0.4, 0.5) is 11.9 Å². The van der Waals surface area contributed by atoms with Crippen molar-refractivity contribution in [2.24, 2.45) is 9.68 Å². The van der Waals surface area contributed by atoms with Gasteiger partial charge in [0.15, 0.2) is 0 Å². The van der Waals surface area contributed by atoms with Gasteiger partial charge in [-0.15, -0.1) is 0 Å². The average molecular weight is 426 g/mol. The number of aliphatic hydroxyl groups is 1. The first-order chi connectivity index (χ1) is 10.6. The van der Waals surface area contributed by atoms with Crippen molar-refractivity contribution >= 4 is 17.9 Å². The Morgan fingerprint density at radius 3 is 2.59 bits per heavy atom. The summed E-state index contributed by atoms with van der Waals surface area (Å²) in [7, 11) is 0. The Kier molecular flexibility index (Phi) is 8.88. The van der Waals surface area contributed by atoms with Crippen LogP contribution in [0.25, 0.3) is 0 Å². The third-order valence-corrected chi connectivity index (χ3v) is 3.69. The fourth-order valence-electron chi connectivity index (χ4n) is 1.62. The van der Waals surface area contributed by atoms with E-state index in [-0.39, 0.29) is 25.0 Å². The van der Waals surface area contributed by atoms with E-state index in [1.54, 1.807) is 0 Å². The Hall–Kier alpha value is -1.31. The van der Waals surface area contributed by atoms with E-state index in [2.05, 4.69) is 25.6 Å². The Morgan fingerprint density at radius 1 is 1.27 bits per heavy atom. The fraction of sp³-hybridized carbons (Fsp3) is 0.636. The normalized spacial score (nSPS) is 12.1. The van der Waals surface area contributed by atoms with Crippen LogP contribution in [-0.4, -0.2) is 56.9 Å². The number of unbranched alkanes of at least 4 members (excludes halogenated alkanes) is 1. The van der Waals surface area contributed by atoms with Gasteiger partial charge in [0.2, 0.25) is 0 Å². The maximum absolute atomic E-state index is 11.3. The number of aromatic nitrogens is 3. The molecule has 11 heteroatoms. The van der Waals surface area contributed by atoms with Crippen molar-refractivity contribution in [3.8, 4) is 0 Å². The zero-order valence-electron chi connectivity index (χ0n) is 12.0. The summed E-state index contributed by atoms with van der Waals surface area (Å²) in [5.74, 6) is -0.556. The van der Waals surface area contributed by atoms with E-state index in [0.717, 1.165) is 6.42 Å². The molecule has 0 aromatic carbocycles. The molecule has 8 N–H and O–H groups in total. The van der Waals surface area contributed by atoms with Gasteiger partial charge in [0, 0.05) is 0 Å². The number of aliphatic carboxylic acids is 1. The summed E-state index contributed by atoms with van der Waals surface area (Å²) in [5.41, 5.74) is 5.41. The van der Waals surface area contributed by atoms with Gasteiger partial charge in [-0.05, 0) is 0 Å². The van der Waals surface area contributed by atoms with Gasteiger partial charge in [-0.2, -0.15) is 0 Å². The van der Waals surface area contributed by atoms with Crippen molar-refractivity contribution in [1.29, 1.82) is 0 Å². The Morgan fingerprint density at radius 2 is 2.00 bits per heavy atom. The van der Waals surface area contributed by atoms with Gasteiger partial charge in [-0.25, -0.2) is 0 Å². The molecule has 0 fully saturated rings. The third-order valence-electron chi connectivity index (χ3n) is 2.65. The number of anilines is 2. The quantitative estimate of drug-likeness (QED) is 0.115. The van der Waals surface area contributed by atoms with Crippen LogP contribution in [-0.2, 0) is 4.79 Å². The van der Waals surface area contributed by atoms with Crippen LogP contribution in [0.15, 0.2) is 0 Å². The predicted octanol–water partition coefficient (Wildman–Crippen LogP) is -4.60. The summed E-state index contributed by atoms with van der Waals surface area (Å²) >= 11 is -0.865. The van der Waals surface area contributed by atoms with Gasteiger partial charge in [0.1, 0.15) is 0 Å². The van der Waals surface area contributed by atoms with Gasteiger partial charge in [-0.3, -0.25) is 0 Å². The zero-order valence-corrected chi connectivity index (χ0v) is 14.2. The van der Waals surface area contributed by atoms with E-state index in [1.807, 2.05) is 0 Å². The molecule has 126 valence electrons. The molecule has 0 amide bonds. The predicted molar refractivity (Wildman–Crippen MR) is 76.2 cm³/mol. The van der Waals surface area contributed by atoms with Crippen molar-refractivity contribution in [3.63, 3.8) is 0 Å².